The molecule has 0 spiro atoms. The highest BCUT2D eigenvalue weighted by Crippen LogP contribution is 2.27. The van der Waals surface area contributed by atoms with E-state index in [1.165, 1.54) is 23.7 Å². The highest BCUT2D eigenvalue weighted by Gasteiger charge is 2.09. The number of hydrogen-bond acceptors (Lipinski definition) is 3. The monoisotopic (exact) mass is 340 g/mol. The van der Waals surface area contributed by atoms with Crippen LogP contribution in [0.4, 0.5) is 4.39 Å². The van der Waals surface area contributed by atoms with E-state index in [4.69, 9.17) is 11.6 Å². The van der Waals surface area contributed by atoms with Gasteiger partial charge in [0, 0.05) is 5.56 Å². The fourth-order valence-electron chi connectivity index (χ4n) is 0.985. The van der Waals surface area contributed by atoms with Crippen molar-refractivity contribution in [3.8, 4) is 11.4 Å². The molecular formula is C8H3ClFIN2S. The molecule has 72 valence electrons. The average Bonchev–Trinajstić information content (AvgIpc) is 2.51. The van der Waals surface area contributed by atoms with Crippen LogP contribution in [0.2, 0.25) is 5.02 Å². The molecule has 0 aliphatic heterocycles. The van der Waals surface area contributed by atoms with Crippen molar-refractivity contribution in [2.75, 3.05) is 0 Å². The fraction of sp³-hybridized carbons (Fsp3) is 0. The van der Waals surface area contributed by atoms with E-state index in [-0.39, 0.29) is 5.82 Å². The molecule has 1 aromatic heterocycles. The van der Waals surface area contributed by atoms with E-state index in [0.717, 1.165) is 3.01 Å². The first-order valence-corrected chi connectivity index (χ1v) is 5.84. The summed E-state index contributed by atoms with van der Waals surface area (Å²) >= 11 is 9.21. The smallest absolute Gasteiger partial charge is 0.175 e. The van der Waals surface area contributed by atoms with Crippen molar-refractivity contribution in [3.63, 3.8) is 0 Å². The molecule has 6 heteroatoms. The van der Waals surface area contributed by atoms with Crippen LogP contribution in [-0.4, -0.2) is 9.36 Å². The lowest BCUT2D eigenvalue weighted by atomic mass is 10.2. The summed E-state index contributed by atoms with van der Waals surface area (Å²) in [7, 11) is 0. The Hall–Kier alpha value is -0.270. The Morgan fingerprint density at radius 3 is 2.79 bits per heavy atom. The van der Waals surface area contributed by atoms with Crippen LogP contribution in [0.5, 0.6) is 0 Å². The number of hydrogen-bond donors (Lipinski definition) is 0. The van der Waals surface area contributed by atoms with Crippen LogP contribution in [0.15, 0.2) is 18.2 Å². The van der Waals surface area contributed by atoms with E-state index in [2.05, 4.69) is 31.9 Å². The number of halogens is 3. The summed E-state index contributed by atoms with van der Waals surface area (Å²) in [6.07, 6.45) is 0. The van der Waals surface area contributed by atoms with Gasteiger partial charge in [-0.25, -0.2) is 9.37 Å². The molecule has 2 rings (SSSR count). The summed E-state index contributed by atoms with van der Waals surface area (Å²) in [6.45, 7) is 0. The molecule has 1 aromatic carbocycles. The molecule has 1 heterocycles. The molecule has 0 N–H and O–H groups in total. The van der Waals surface area contributed by atoms with Crippen LogP contribution in [0.25, 0.3) is 11.4 Å². The van der Waals surface area contributed by atoms with Gasteiger partial charge in [0.1, 0.15) is 5.82 Å². The van der Waals surface area contributed by atoms with Crippen molar-refractivity contribution in [2.45, 2.75) is 0 Å². The Morgan fingerprint density at radius 1 is 1.43 bits per heavy atom. The molecule has 0 amide bonds. The molecular weight excluding hydrogens is 338 g/mol. The highest BCUT2D eigenvalue weighted by molar-refractivity contribution is 14.1. The maximum atomic E-state index is 12.7. The van der Waals surface area contributed by atoms with Gasteiger partial charge in [-0.1, -0.05) is 11.6 Å². The van der Waals surface area contributed by atoms with Gasteiger partial charge in [0.05, 0.1) is 5.02 Å². The Morgan fingerprint density at radius 2 is 2.21 bits per heavy atom. The molecule has 2 nitrogen and oxygen atoms in total. The van der Waals surface area contributed by atoms with E-state index in [0.29, 0.717) is 16.4 Å². The third-order valence-corrected chi connectivity index (χ3v) is 3.22. The van der Waals surface area contributed by atoms with Crippen molar-refractivity contribution < 1.29 is 4.39 Å². The van der Waals surface area contributed by atoms with Gasteiger partial charge in [-0.2, -0.15) is 4.37 Å². The zero-order valence-corrected chi connectivity index (χ0v) is 10.4. The maximum absolute atomic E-state index is 12.7. The molecule has 0 aliphatic rings. The third kappa shape index (κ3) is 2.04. The lowest BCUT2D eigenvalue weighted by Crippen LogP contribution is -1.83. The zero-order chi connectivity index (χ0) is 10.1. The predicted octanol–water partition coefficient (Wildman–Crippen LogP) is 3.60. The number of aromatic nitrogens is 2. The molecule has 0 radical (unpaired) electrons. The summed E-state index contributed by atoms with van der Waals surface area (Å²) in [5.41, 5.74) is 0.659. The Kier molecular flexibility index (Phi) is 2.99. The van der Waals surface area contributed by atoms with E-state index in [1.54, 1.807) is 6.07 Å². The lowest BCUT2D eigenvalue weighted by Gasteiger charge is -1.98. The molecule has 0 saturated heterocycles. The first-order valence-electron chi connectivity index (χ1n) is 3.61. The van der Waals surface area contributed by atoms with E-state index in [9.17, 15) is 4.39 Å². The van der Waals surface area contributed by atoms with Crippen molar-refractivity contribution in [3.05, 3.63) is 32.1 Å². The van der Waals surface area contributed by atoms with Gasteiger partial charge in [-0.05, 0) is 52.3 Å². The Bertz CT molecular complexity index is 474. The first-order chi connectivity index (χ1) is 6.66. The third-order valence-electron chi connectivity index (χ3n) is 1.57. The van der Waals surface area contributed by atoms with Crippen LogP contribution in [0, 0.1) is 8.83 Å². The lowest BCUT2D eigenvalue weighted by molar-refractivity contribution is 0.628. The van der Waals surface area contributed by atoms with E-state index >= 15 is 0 Å². The summed E-state index contributed by atoms with van der Waals surface area (Å²) in [4.78, 5) is 4.16. The summed E-state index contributed by atoms with van der Waals surface area (Å²) in [6, 6.07) is 4.18. The first kappa shape index (κ1) is 10.3. The second-order valence-corrected chi connectivity index (χ2v) is 5.41. The van der Waals surface area contributed by atoms with Gasteiger partial charge in [0.15, 0.2) is 8.84 Å². The molecule has 0 fully saturated rings. The topological polar surface area (TPSA) is 25.8 Å². The standard InChI is InChI=1S/C8H3ClFIN2S/c9-6-3-4(10)1-2-5(6)7-12-8(11)14-13-7/h1-3H. The molecule has 0 atom stereocenters. The molecule has 0 bridgehead atoms. The van der Waals surface area contributed by atoms with Gasteiger partial charge in [-0.3, -0.25) is 0 Å². The fourth-order valence-corrected chi connectivity index (χ4v) is 2.19. The minimum absolute atomic E-state index is 0.333. The minimum Gasteiger partial charge on any atom is -0.209 e. The quantitative estimate of drug-likeness (QED) is 0.741. The van der Waals surface area contributed by atoms with Gasteiger partial charge in [0.25, 0.3) is 0 Å². The van der Waals surface area contributed by atoms with Gasteiger partial charge < -0.3 is 0 Å². The Labute approximate surface area is 102 Å². The number of nitrogens with zero attached hydrogens (tertiary/aromatic N) is 2. The molecule has 2 aromatic rings. The van der Waals surface area contributed by atoms with E-state index < -0.39 is 0 Å². The maximum Gasteiger partial charge on any atom is 0.175 e. The van der Waals surface area contributed by atoms with Gasteiger partial charge in [-0.15, -0.1) is 0 Å². The molecule has 0 unspecified atom stereocenters. The minimum atomic E-state index is -0.358. The second-order valence-electron chi connectivity index (χ2n) is 2.50. The van der Waals surface area contributed by atoms with Crippen molar-refractivity contribution in [1.29, 1.82) is 0 Å². The largest absolute Gasteiger partial charge is 0.209 e. The summed E-state index contributed by atoms with van der Waals surface area (Å²) in [5, 5.41) is 0.333. The van der Waals surface area contributed by atoms with Crippen LogP contribution in [0.3, 0.4) is 0 Å². The van der Waals surface area contributed by atoms with Gasteiger partial charge >= 0.3 is 0 Å². The number of rotatable bonds is 1. The van der Waals surface area contributed by atoms with Crippen molar-refractivity contribution in [2.24, 2.45) is 0 Å². The van der Waals surface area contributed by atoms with Crippen molar-refractivity contribution >= 4 is 45.7 Å². The Balaban J connectivity index is 2.52. The predicted molar refractivity (Wildman–Crippen MR) is 63.0 cm³/mol. The van der Waals surface area contributed by atoms with Crippen LogP contribution < -0.4 is 0 Å². The van der Waals surface area contributed by atoms with Crippen LogP contribution in [-0.2, 0) is 0 Å². The van der Waals surface area contributed by atoms with Crippen molar-refractivity contribution in [1.82, 2.24) is 9.36 Å². The summed E-state index contributed by atoms with van der Waals surface area (Å²) < 4.78 is 17.7. The average molecular weight is 341 g/mol. The van der Waals surface area contributed by atoms with Crippen LogP contribution in [0.1, 0.15) is 0 Å². The molecule has 0 saturated carbocycles. The zero-order valence-electron chi connectivity index (χ0n) is 6.67. The molecule has 14 heavy (non-hydrogen) atoms. The normalized spacial score (nSPS) is 10.5. The van der Waals surface area contributed by atoms with Crippen LogP contribution >= 0.6 is 45.7 Å². The van der Waals surface area contributed by atoms with E-state index in [1.807, 2.05) is 0 Å². The van der Waals surface area contributed by atoms with Gasteiger partial charge in [0.2, 0.25) is 0 Å². The molecule has 0 aliphatic carbocycles. The second kappa shape index (κ2) is 4.08. The summed E-state index contributed by atoms with van der Waals surface area (Å²) in [5.74, 6) is 0.188. The SMILES string of the molecule is Fc1ccc(-c2nsc(I)n2)c(Cl)c1. The number of benzene rings is 1. The highest BCUT2D eigenvalue weighted by atomic mass is 127.